The van der Waals surface area contributed by atoms with Crippen molar-refractivity contribution in [2.24, 2.45) is 11.8 Å². The highest BCUT2D eigenvalue weighted by Gasteiger charge is 2.40. The number of hydrogen-bond donors (Lipinski definition) is 0. The van der Waals surface area contributed by atoms with Crippen LogP contribution in [0.4, 0.5) is 0 Å². The van der Waals surface area contributed by atoms with Crippen molar-refractivity contribution in [3.8, 4) is 0 Å². The van der Waals surface area contributed by atoms with Gasteiger partial charge in [-0.3, -0.25) is 0 Å². The van der Waals surface area contributed by atoms with Gasteiger partial charge < -0.3 is 4.90 Å². The first-order chi connectivity index (χ1) is 4.46. The molecule has 0 spiro atoms. The van der Waals surface area contributed by atoms with Gasteiger partial charge in [0.15, 0.2) is 0 Å². The van der Waals surface area contributed by atoms with E-state index in [4.69, 9.17) is 0 Å². The van der Waals surface area contributed by atoms with Crippen LogP contribution in [0, 0.1) is 11.8 Å². The maximum atomic E-state index is 2.46. The van der Waals surface area contributed by atoms with Crippen LogP contribution in [0.25, 0.3) is 0 Å². The van der Waals surface area contributed by atoms with E-state index in [-0.39, 0.29) is 0 Å². The standard InChI is InChI=1S/C9H19N/c1-7-6-10(5)9(3,4)8(7)2/h7-8H,6H2,1-5H3. The molecule has 10 heavy (non-hydrogen) atoms. The largest absolute Gasteiger partial charge is 0.301 e. The average molecular weight is 141 g/mol. The van der Waals surface area contributed by atoms with Crippen LogP contribution in [0.15, 0.2) is 0 Å². The summed E-state index contributed by atoms with van der Waals surface area (Å²) in [6, 6.07) is 0. The molecule has 0 aromatic carbocycles. The van der Waals surface area contributed by atoms with Gasteiger partial charge in [-0.05, 0) is 32.7 Å². The summed E-state index contributed by atoms with van der Waals surface area (Å²) in [5, 5.41) is 0. The summed E-state index contributed by atoms with van der Waals surface area (Å²) in [4.78, 5) is 2.46. The Morgan fingerprint density at radius 2 is 1.80 bits per heavy atom. The number of hydrogen-bond acceptors (Lipinski definition) is 1. The van der Waals surface area contributed by atoms with Crippen LogP contribution in [0.3, 0.4) is 0 Å². The quantitative estimate of drug-likeness (QED) is 0.498. The Hall–Kier alpha value is -0.0400. The summed E-state index contributed by atoms with van der Waals surface area (Å²) in [5.74, 6) is 1.69. The highest BCUT2D eigenvalue weighted by atomic mass is 15.2. The Morgan fingerprint density at radius 3 is 1.90 bits per heavy atom. The van der Waals surface area contributed by atoms with Gasteiger partial charge in [-0.25, -0.2) is 0 Å². The lowest BCUT2D eigenvalue weighted by molar-refractivity contribution is 0.178. The summed E-state index contributed by atoms with van der Waals surface area (Å²) >= 11 is 0. The second kappa shape index (κ2) is 2.23. The van der Waals surface area contributed by atoms with E-state index in [9.17, 15) is 0 Å². The number of rotatable bonds is 0. The van der Waals surface area contributed by atoms with E-state index >= 15 is 0 Å². The Bertz CT molecular complexity index is 129. The zero-order chi connectivity index (χ0) is 7.94. The maximum Gasteiger partial charge on any atom is 0.0178 e. The molecule has 0 aromatic heterocycles. The Morgan fingerprint density at radius 1 is 1.30 bits per heavy atom. The van der Waals surface area contributed by atoms with Gasteiger partial charge in [0.25, 0.3) is 0 Å². The molecule has 1 rings (SSSR count). The predicted octanol–water partition coefficient (Wildman–Crippen LogP) is 1.98. The Kier molecular flexibility index (Phi) is 1.80. The van der Waals surface area contributed by atoms with Gasteiger partial charge in [-0.2, -0.15) is 0 Å². The molecule has 60 valence electrons. The average Bonchev–Trinajstić information content (AvgIpc) is 1.97. The second-order valence-electron chi connectivity index (χ2n) is 4.30. The fourth-order valence-electron chi connectivity index (χ4n) is 1.87. The van der Waals surface area contributed by atoms with Crippen LogP contribution in [-0.2, 0) is 0 Å². The molecule has 2 unspecified atom stereocenters. The first kappa shape index (κ1) is 8.06. The molecule has 0 N–H and O–H groups in total. The first-order valence-electron chi connectivity index (χ1n) is 4.17. The van der Waals surface area contributed by atoms with E-state index in [1.54, 1.807) is 0 Å². The van der Waals surface area contributed by atoms with Crippen molar-refractivity contribution in [2.45, 2.75) is 33.2 Å². The van der Waals surface area contributed by atoms with Crippen LogP contribution in [-0.4, -0.2) is 24.0 Å². The van der Waals surface area contributed by atoms with E-state index in [2.05, 4.69) is 39.6 Å². The lowest BCUT2D eigenvalue weighted by Crippen LogP contribution is -2.38. The minimum absolute atomic E-state index is 0.416. The van der Waals surface area contributed by atoms with E-state index < -0.39 is 0 Å². The Balaban J connectivity index is 2.75. The molecule has 1 nitrogen and oxygen atoms in total. The lowest BCUT2D eigenvalue weighted by atomic mass is 9.85. The third-order valence-corrected chi connectivity index (χ3v) is 3.51. The molecule has 0 saturated carbocycles. The molecule has 0 amide bonds. The van der Waals surface area contributed by atoms with Gasteiger partial charge in [-0.1, -0.05) is 13.8 Å². The predicted molar refractivity (Wildman–Crippen MR) is 45.0 cm³/mol. The van der Waals surface area contributed by atoms with E-state index in [0.29, 0.717) is 5.54 Å². The van der Waals surface area contributed by atoms with Crippen molar-refractivity contribution in [1.29, 1.82) is 0 Å². The summed E-state index contributed by atoms with van der Waals surface area (Å²) in [5.41, 5.74) is 0.416. The monoisotopic (exact) mass is 141 g/mol. The number of nitrogens with zero attached hydrogens (tertiary/aromatic N) is 1. The third kappa shape index (κ3) is 0.968. The fourth-order valence-corrected chi connectivity index (χ4v) is 1.87. The van der Waals surface area contributed by atoms with E-state index in [1.165, 1.54) is 6.54 Å². The van der Waals surface area contributed by atoms with Gasteiger partial charge in [0.05, 0.1) is 0 Å². The van der Waals surface area contributed by atoms with Gasteiger partial charge in [-0.15, -0.1) is 0 Å². The van der Waals surface area contributed by atoms with Crippen LogP contribution in [0.2, 0.25) is 0 Å². The van der Waals surface area contributed by atoms with Crippen LogP contribution >= 0.6 is 0 Å². The smallest absolute Gasteiger partial charge is 0.0178 e. The molecule has 1 saturated heterocycles. The molecule has 1 fully saturated rings. The minimum atomic E-state index is 0.416. The summed E-state index contributed by atoms with van der Waals surface area (Å²) in [6.07, 6.45) is 0. The molecule has 1 heterocycles. The molecule has 1 aliphatic heterocycles. The molecule has 1 heteroatoms. The lowest BCUT2D eigenvalue weighted by Gasteiger charge is -2.31. The topological polar surface area (TPSA) is 3.24 Å². The van der Waals surface area contributed by atoms with E-state index in [0.717, 1.165) is 11.8 Å². The summed E-state index contributed by atoms with van der Waals surface area (Å²) < 4.78 is 0. The van der Waals surface area contributed by atoms with Crippen LogP contribution < -0.4 is 0 Å². The molecular formula is C9H19N. The molecule has 0 aliphatic carbocycles. The van der Waals surface area contributed by atoms with Crippen LogP contribution in [0.1, 0.15) is 27.7 Å². The molecule has 0 bridgehead atoms. The summed E-state index contributed by atoms with van der Waals surface area (Å²) in [7, 11) is 2.22. The molecule has 2 atom stereocenters. The fraction of sp³-hybridized carbons (Fsp3) is 1.00. The normalized spacial score (nSPS) is 40.5. The number of likely N-dealkylation sites (tertiary alicyclic amines) is 1. The molecule has 1 aliphatic rings. The highest BCUT2D eigenvalue weighted by Crippen LogP contribution is 2.36. The van der Waals surface area contributed by atoms with Crippen molar-refractivity contribution in [3.05, 3.63) is 0 Å². The van der Waals surface area contributed by atoms with Crippen molar-refractivity contribution in [1.82, 2.24) is 4.90 Å². The van der Waals surface area contributed by atoms with Crippen LogP contribution in [0.5, 0.6) is 0 Å². The Labute approximate surface area is 64.4 Å². The van der Waals surface area contributed by atoms with Crippen molar-refractivity contribution >= 4 is 0 Å². The molecule has 0 radical (unpaired) electrons. The summed E-state index contributed by atoms with van der Waals surface area (Å²) in [6.45, 7) is 10.6. The zero-order valence-electron chi connectivity index (χ0n) is 7.81. The first-order valence-corrected chi connectivity index (χ1v) is 4.17. The van der Waals surface area contributed by atoms with E-state index in [1.807, 2.05) is 0 Å². The SMILES string of the molecule is CC1CN(C)C(C)(C)C1C. The van der Waals surface area contributed by atoms with Gasteiger partial charge in [0.2, 0.25) is 0 Å². The van der Waals surface area contributed by atoms with Gasteiger partial charge >= 0.3 is 0 Å². The van der Waals surface area contributed by atoms with Crippen molar-refractivity contribution < 1.29 is 0 Å². The molecular weight excluding hydrogens is 122 g/mol. The second-order valence-corrected chi connectivity index (χ2v) is 4.30. The molecule has 0 aromatic rings. The van der Waals surface area contributed by atoms with Crippen molar-refractivity contribution in [3.63, 3.8) is 0 Å². The van der Waals surface area contributed by atoms with Crippen molar-refractivity contribution in [2.75, 3.05) is 13.6 Å². The third-order valence-electron chi connectivity index (χ3n) is 3.51. The zero-order valence-corrected chi connectivity index (χ0v) is 7.81. The maximum absolute atomic E-state index is 2.46. The van der Waals surface area contributed by atoms with Gasteiger partial charge in [0.1, 0.15) is 0 Å². The minimum Gasteiger partial charge on any atom is -0.301 e. The van der Waals surface area contributed by atoms with Gasteiger partial charge in [0, 0.05) is 12.1 Å². The highest BCUT2D eigenvalue weighted by molar-refractivity contribution is 4.94.